The van der Waals surface area contributed by atoms with Gasteiger partial charge in [0.15, 0.2) is 0 Å². The van der Waals surface area contributed by atoms with Gasteiger partial charge in [-0.1, -0.05) is 29.8 Å². The molecule has 0 spiro atoms. The number of nitrogens with one attached hydrogen (secondary N) is 1. The molecule has 0 aliphatic heterocycles. The summed E-state index contributed by atoms with van der Waals surface area (Å²) in [4.78, 5) is 26.1. The van der Waals surface area contributed by atoms with E-state index in [1.54, 1.807) is 18.2 Å². The van der Waals surface area contributed by atoms with Crippen LogP contribution in [0.15, 0.2) is 48.5 Å². The Balaban J connectivity index is 1.35. The molecule has 29 heavy (non-hydrogen) atoms. The van der Waals surface area contributed by atoms with Crippen LogP contribution in [-0.4, -0.2) is 11.9 Å². The molecule has 4 fully saturated rings. The summed E-state index contributed by atoms with van der Waals surface area (Å²) in [5, 5.41) is 2.90. The smallest absolute Gasteiger partial charge is 0.317 e. The lowest BCUT2D eigenvalue weighted by atomic mass is 9.49. The minimum absolute atomic E-state index is 0.132. The Morgan fingerprint density at radius 2 is 1.48 bits per heavy atom. The van der Waals surface area contributed by atoms with Crippen molar-refractivity contribution in [2.75, 3.05) is 5.32 Å². The van der Waals surface area contributed by atoms with E-state index in [0.29, 0.717) is 29.1 Å². The van der Waals surface area contributed by atoms with Crippen LogP contribution >= 0.6 is 0 Å². The van der Waals surface area contributed by atoms with E-state index in [-0.39, 0.29) is 17.3 Å². The Hall–Kier alpha value is -2.62. The Bertz CT molecular complexity index is 912. The quantitative estimate of drug-likeness (QED) is 0.565. The average molecular weight is 389 g/mol. The molecular formula is C25H27NO3. The highest BCUT2D eigenvalue weighted by Crippen LogP contribution is 2.60. The van der Waals surface area contributed by atoms with Crippen molar-refractivity contribution in [2.45, 2.75) is 45.4 Å². The third-order valence-electron chi connectivity index (χ3n) is 7.12. The third kappa shape index (κ3) is 3.45. The molecule has 6 rings (SSSR count). The van der Waals surface area contributed by atoms with E-state index in [0.717, 1.165) is 30.5 Å². The highest BCUT2D eigenvalue weighted by Gasteiger charge is 2.55. The second kappa shape index (κ2) is 7.01. The number of hydrogen-bond acceptors (Lipinski definition) is 3. The number of esters is 1. The van der Waals surface area contributed by atoms with Crippen molar-refractivity contribution in [1.82, 2.24) is 0 Å². The maximum Gasteiger partial charge on any atom is 0.317 e. The lowest BCUT2D eigenvalue weighted by Gasteiger charge is -2.55. The van der Waals surface area contributed by atoms with Crippen LogP contribution in [0.3, 0.4) is 0 Å². The van der Waals surface area contributed by atoms with E-state index in [1.165, 1.54) is 19.3 Å². The monoisotopic (exact) mass is 389 g/mol. The van der Waals surface area contributed by atoms with E-state index in [4.69, 9.17) is 4.74 Å². The second-order valence-electron chi connectivity index (χ2n) is 9.40. The van der Waals surface area contributed by atoms with Crippen molar-refractivity contribution in [1.29, 1.82) is 0 Å². The summed E-state index contributed by atoms with van der Waals surface area (Å²) in [6.45, 7) is 2.00. The number of anilines is 1. The summed E-state index contributed by atoms with van der Waals surface area (Å²) >= 11 is 0. The number of benzene rings is 2. The van der Waals surface area contributed by atoms with Gasteiger partial charge in [-0.05, 0) is 87.5 Å². The first-order valence-corrected chi connectivity index (χ1v) is 10.7. The fourth-order valence-electron chi connectivity index (χ4n) is 6.15. The second-order valence-corrected chi connectivity index (χ2v) is 9.40. The molecule has 1 amide bonds. The van der Waals surface area contributed by atoms with Crippen molar-refractivity contribution < 1.29 is 14.3 Å². The summed E-state index contributed by atoms with van der Waals surface area (Å²) in [5.74, 6) is 1.99. The maximum atomic E-state index is 13.3. The summed E-state index contributed by atoms with van der Waals surface area (Å²) in [5.41, 5.74) is 1.91. The SMILES string of the molecule is Cc1ccc(NC(=O)c2ccccc2OC(=O)C23CC4CC(CC(C4)C2)C3)cc1. The number of aryl methyl sites for hydroxylation is 1. The van der Waals surface area contributed by atoms with E-state index < -0.39 is 0 Å². The standard InChI is InChI=1S/C25H27NO3/c1-16-6-8-20(9-7-16)26-23(27)21-4-2-3-5-22(21)29-24(28)25-13-17-10-18(14-25)12-19(11-17)15-25/h2-9,17-19H,10-15H2,1H3,(H,26,27). The van der Waals surface area contributed by atoms with Gasteiger partial charge < -0.3 is 10.1 Å². The van der Waals surface area contributed by atoms with Crippen LogP contribution in [0.25, 0.3) is 0 Å². The van der Waals surface area contributed by atoms with Crippen molar-refractivity contribution in [3.8, 4) is 5.75 Å². The van der Waals surface area contributed by atoms with Crippen LogP contribution in [0.5, 0.6) is 5.75 Å². The van der Waals surface area contributed by atoms with E-state index >= 15 is 0 Å². The van der Waals surface area contributed by atoms with Crippen molar-refractivity contribution in [3.05, 3.63) is 59.7 Å². The first-order valence-electron chi connectivity index (χ1n) is 10.7. The van der Waals surface area contributed by atoms with Gasteiger partial charge >= 0.3 is 5.97 Å². The molecule has 4 aliphatic rings. The van der Waals surface area contributed by atoms with Gasteiger partial charge in [-0.15, -0.1) is 0 Å². The van der Waals surface area contributed by atoms with Crippen LogP contribution in [0.1, 0.15) is 54.4 Å². The summed E-state index contributed by atoms with van der Waals surface area (Å²) in [6.07, 6.45) is 6.70. The summed E-state index contributed by atoms with van der Waals surface area (Å²) < 4.78 is 5.91. The predicted molar refractivity (Wildman–Crippen MR) is 112 cm³/mol. The number of carbonyl (C=O) groups excluding carboxylic acids is 2. The van der Waals surface area contributed by atoms with E-state index in [1.807, 2.05) is 37.3 Å². The zero-order valence-corrected chi connectivity index (χ0v) is 16.8. The molecule has 0 saturated heterocycles. The molecule has 4 saturated carbocycles. The van der Waals surface area contributed by atoms with Gasteiger partial charge in [-0.3, -0.25) is 9.59 Å². The first kappa shape index (κ1) is 18.4. The first-order chi connectivity index (χ1) is 14.0. The Morgan fingerprint density at radius 1 is 0.897 bits per heavy atom. The van der Waals surface area contributed by atoms with Crippen LogP contribution < -0.4 is 10.1 Å². The zero-order valence-electron chi connectivity index (χ0n) is 16.8. The minimum Gasteiger partial charge on any atom is -0.425 e. The van der Waals surface area contributed by atoms with E-state index in [2.05, 4.69) is 5.32 Å². The van der Waals surface area contributed by atoms with Gasteiger partial charge in [0.1, 0.15) is 5.75 Å². The molecule has 0 heterocycles. The van der Waals surface area contributed by atoms with E-state index in [9.17, 15) is 9.59 Å². The molecule has 0 aromatic heterocycles. The highest BCUT2D eigenvalue weighted by molar-refractivity contribution is 6.06. The number of ether oxygens (including phenoxy) is 1. The number of rotatable bonds is 4. The molecule has 2 aromatic rings. The molecule has 0 unspecified atom stereocenters. The highest BCUT2D eigenvalue weighted by atomic mass is 16.5. The maximum absolute atomic E-state index is 13.3. The molecular weight excluding hydrogens is 362 g/mol. The van der Waals surface area contributed by atoms with Crippen molar-refractivity contribution in [2.24, 2.45) is 23.2 Å². The van der Waals surface area contributed by atoms with Crippen LogP contribution in [0.2, 0.25) is 0 Å². The van der Waals surface area contributed by atoms with Gasteiger partial charge in [0.05, 0.1) is 11.0 Å². The van der Waals surface area contributed by atoms with Crippen LogP contribution in [0.4, 0.5) is 5.69 Å². The molecule has 4 bridgehead atoms. The van der Waals surface area contributed by atoms with Crippen molar-refractivity contribution >= 4 is 17.6 Å². The van der Waals surface area contributed by atoms with Gasteiger partial charge in [-0.25, -0.2) is 0 Å². The fourth-order valence-corrected chi connectivity index (χ4v) is 6.15. The molecule has 2 aromatic carbocycles. The summed E-state index contributed by atoms with van der Waals surface area (Å²) in [6, 6.07) is 14.7. The van der Waals surface area contributed by atoms with Gasteiger partial charge in [-0.2, -0.15) is 0 Å². The molecule has 1 N–H and O–H groups in total. The largest absolute Gasteiger partial charge is 0.425 e. The number of carbonyl (C=O) groups is 2. The Labute approximate surface area is 171 Å². The number of amides is 1. The molecule has 0 radical (unpaired) electrons. The third-order valence-corrected chi connectivity index (χ3v) is 7.12. The molecule has 4 heteroatoms. The summed E-state index contributed by atoms with van der Waals surface area (Å²) in [7, 11) is 0. The number of para-hydroxylation sites is 1. The molecule has 4 aliphatic carbocycles. The zero-order chi connectivity index (χ0) is 20.0. The van der Waals surface area contributed by atoms with Crippen LogP contribution in [0, 0.1) is 30.1 Å². The predicted octanol–water partition coefficient (Wildman–Crippen LogP) is 5.37. The molecule has 150 valence electrons. The normalized spacial score (nSPS) is 29.5. The molecule has 4 nitrogen and oxygen atoms in total. The molecule has 0 atom stereocenters. The Morgan fingerprint density at radius 3 is 2.10 bits per heavy atom. The van der Waals surface area contributed by atoms with Gasteiger partial charge in [0.25, 0.3) is 5.91 Å². The van der Waals surface area contributed by atoms with Crippen molar-refractivity contribution in [3.63, 3.8) is 0 Å². The van der Waals surface area contributed by atoms with Gasteiger partial charge in [0.2, 0.25) is 0 Å². The topological polar surface area (TPSA) is 55.4 Å². The lowest BCUT2D eigenvalue weighted by molar-refractivity contribution is -0.161. The number of hydrogen-bond donors (Lipinski definition) is 1. The lowest BCUT2D eigenvalue weighted by Crippen LogP contribution is -2.51. The average Bonchev–Trinajstić information content (AvgIpc) is 2.69. The van der Waals surface area contributed by atoms with Gasteiger partial charge in [0, 0.05) is 5.69 Å². The fraction of sp³-hybridized carbons (Fsp3) is 0.440. The van der Waals surface area contributed by atoms with Crippen LogP contribution in [-0.2, 0) is 4.79 Å². The Kier molecular flexibility index (Phi) is 4.45. The minimum atomic E-state index is -0.338.